The second-order valence-electron chi connectivity index (χ2n) is 14.2. The summed E-state index contributed by atoms with van der Waals surface area (Å²) >= 11 is 0. The van der Waals surface area contributed by atoms with E-state index in [0.717, 1.165) is 45.0 Å². The normalized spacial score (nSPS) is 15.6. The van der Waals surface area contributed by atoms with Gasteiger partial charge in [-0.25, -0.2) is 5.43 Å². The molecular formula is C50H35N3O. The van der Waals surface area contributed by atoms with E-state index in [1.54, 1.807) is 0 Å². The molecule has 0 radical (unpaired) electrons. The van der Waals surface area contributed by atoms with Gasteiger partial charge in [-0.1, -0.05) is 158 Å². The van der Waals surface area contributed by atoms with Crippen LogP contribution >= 0.6 is 0 Å². The molecule has 4 nitrogen and oxygen atoms in total. The predicted octanol–water partition coefficient (Wildman–Crippen LogP) is 12.0. The summed E-state index contributed by atoms with van der Waals surface area (Å²) in [7, 11) is 0. The number of nitrogens with zero attached hydrogens (tertiary/aromatic N) is 1. The first kappa shape index (κ1) is 30.7. The number of fused-ring (bicyclic) bond motifs is 11. The highest BCUT2D eigenvalue weighted by atomic mass is 16.5. The van der Waals surface area contributed by atoms with Crippen LogP contribution in [0.25, 0.3) is 38.6 Å². The van der Waals surface area contributed by atoms with Crippen molar-refractivity contribution in [2.75, 3.05) is 5.43 Å². The van der Waals surface area contributed by atoms with Crippen molar-refractivity contribution in [1.82, 2.24) is 9.99 Å². The number of aromatic nitrogens is 1. The van der Waals surface area contributed by atoms with Crippen LogP contribution in [0.1, 0.15) is 39.4 Å². The van der Waals surface area contributed by atoms with Crippen LogP contribution in [0, 0.1) is 0 Å². The molecule has 54 heavy (non-hydrogen) atoms. The van der Waals surface area contributed by atoms with Crippen molar-refractivity contribution < 1.29 is 4.74 Å². The van der Waals surface area contributed by atoms with Gasteiger partial charge in [0.05, 0.1) is 28.2 Å². The summed E-state index contributed by atoms with van der Waals surface area (Å²) < 4.78 is 9.58. The van der Waals surface area contributed by atoms with Crippen LogP contribution < -0.4 is 15.6 Å². The van der Waals surface area contributed by atoms with Crippen LogP contribution in [0.5, 0.6) is 11.5 Å². The Morgan fingerprint density at radius 1 is 0.500 bits per heavy atom. The van der Waals surface area contributed by atoms with Gasteiger partial charge >= 0.3 is 0 Å². The minimum atomic E-state index is -0.619. The van der Waals surface area contributed by atoms with E-state index in [-0.39, 0.29) is 6.04 Å². The Labute approximate surface area is 313 Å². The average molecular weight is 694 g/mol. The smallest absolute Gasteiger partial charge is 0.140 e. The summed E-state index contributed by atoms with van der Waals surface area (Å²) in [6.07, 6.45) is 0. The number of hydrazine groups is 1. The van der Waals surface area contributed by atoms with Gasteiger partial charge in [0.15, 0.2) is 0 Å². The molecule has 256 valence electrons. The highest BCUT2D eigenvalue weighted by Crippen LogP contribution is 2.61. The number of nitrogens with one attached hydrogen (secondary N) is 2. The monoisotopic (exact) mass is 693 g/mol. The average Bonchev–Trinajstić information content (AvgIpc) is 3.58. The van der Waals surface area contributed by atoms with E-state index in [1.165, 1.54) is 44.2 Å². The maximum atomic E-state index is 7.10. The molecule has 9 aromatic rings. The fraction of sp³-hybridized carbons (Fsp3) is 0.0400. The second kappa shape index (κ2) is 12.1. The Morgan fingerprint density at radius 3 is 2.04 bits per heavy atom. The van der Waals surface area contributed by atoms with Gasteiger partial charge in [0.2, 0.25) is 0 Å². The number of hydrogen-bond acceptors (Lipinski definition) is 3. The predicted molar refractivity (Wildman–Crippen MR) is 220 cm³/mol. The molecule has 8 aromatic carbocycles. The molecule has 0 aliphatic carbocycles. The Morgan fingerprint density at radius 2 is 1.15 bits per heavy atom. The van der Waals surface area contributed by atoms with E-state index in [0.29, 0.717) is 0 Å². The van der Waals surface area contributed by atoms with Crippen LogP contribution in [-0.4, -0.2) is 4.57 Å². The third kappa shape index (κ3) is 4.41. The van der Waals surface area contributed by atoms with Crippen LogP contribution in [0.3, 0.4) is 0 Å². The van der Waals surface area contributed by atoms with Gasteiger partial charge in [-0.15, -0.1) is 0 Å². The minimum Gasteiger partial charge on any atom is -0.456 e. The van der Waals surface area contributed by atoms with Gasteiger partial charge < -0.3 is 14.7 Å². The van der Waals surface area contributed by atoms with Gasteiger partial charge in [-0.05, 0) is 64.2 Å². The lowest BCUT2D eigenvalue weighted by Crippen LogP contribution is -2.37. The minimum absolute atomic E-state index is 0.108. The summed E-state index contributed by atoms with van der Waals surface area (Å²) in [5.74, 6) is 1.76. The molecule has 0 saturated heterocycles. The van der Waals surface area contributed by atoms with Gasteiger partial charge in [-0.3, -0.25) is 0 Å². The molecule has 3 heterocycles. The second-order valence-corrected chi connectivity index (χ2v) is 14.2. The molecule has 2 aliphatic rings. The summed E-state index contributed by atoms with van der Waals surface area (Å²) in [6, 6.07) is 69.5. The lowest BCUT2D eigenvalue weighted by molar-refractivity contribution is 0.435. The fourth-order valence-corrected chi connectivity index (χ4v) is 9.14. The Bertz CT molecular complexity index is 2880. The zero-order valence-corrected chi connectivity index (χ0v) is 29.4. The van der Waals surface area contributed by atoms with Crippen molar-refractivity contribution in [3.63, 3.8) is 0 Å². The Kier molecular flexibility index (Phi) is 6.88. The number of rotatable bonds is 6. The van der Waals surface area contributed by atoms with Gasteiger partial charge in [-0.2, -0.15) is 0 Å². The van der Waals surface area contributed by atoms with Gasteiger partial charge in [0.1, 0.15) is 11.5 Å². The standard InChI is InChI=1S/C50H35N3O/c1-3-16-33(17-4-1)47(52-51-36-20-5-2-6-21-36)35-19-13-18-34(32-35)37-23-14-28-43-49(37)54-46-31-12-9-26-41(46)50(43)40-25-8-11-30-45(40)53-44-29-10-7-22-38(44)39-24-15-27-42(50)48(39)53/h1-32,47,51-52H. The first-order chi connectivity index (χ1) is 26.8. The topological polar surface area (TPSA) is 38.2 Å². The van der Waals surface area contributed by atoms with E-state index in [4.69, 9.17) is 4.74 Å². The molecule has 2 unspecified atom stereocenters. The van der Waals surface area contributed by atoms with Crippen LogP contribution in [-0.2, 0) is 5.41 Å². The summed E-state index contributed by atoms with van der Waals surface area (Å²) in [5, 5.41) is 2.52. The number of hydrogen-bond donors (Lipinski definition) is 2. The largest absolute Gasteiger partial charge is 0.456 e. The summed E-state index contributed by atoms with van der Waals surface area (Å²) in [4.78, 5) is 0. The van der Waals surface area contributed by atoms with E-state index in [1.807, 2.05) is 18.2 Å². The summed E-state index contributed by atoms with van der Waals surface area (Å²) in [5.41, 5.74) is 20.4. The molecule has 0 fully saturated rings. The zero-order chi connectivity index (χ0) is 35.6. The molecule has 1 spiro atoms. The SMILES string of the molecule is c1ccc(NNC(c2ccccc2)c2cccc(-c3cccc4c3Oc3ccccc3C43c4ccccc4-n4c5ccccc5c5cccc3c54)c2)cc1. The quantitative estimate of drug-likeness (QED) is 0.170. The summed E-state index contributed by atoms with van der Waals surface area (Å²) in [6.45, 7) is 0. The first-order valence-electron chi connectivity index (χ1n) is 18.6. The molecule has 4 heteroatoms. The van der Waals surface area contributed by atoms with Crippen molar-refractivity contribution >= 4 is 27.5 Å². The molecule has 0 amide bonds. The molecular weight excluding hydrogens is 659 g/mol. The lowest BCUT2D eigenvalue weighted by Gasteiger charge is -2.45. The van der Waals surface area contributed by atoms with Crippen LogP contribution in [0.4, 0.5) is 5.69 Å². The first-order valence-corrected chi connectivity index (χ1v) is 18.6. The Hall–Kier alpha value is -6.88. The maximum Gasteiger partial charge on any atom is 0.140 e. The third-order valence-corrected chi connectivity index (χ3v) is 11.4. The lowest BCUT2D eigenvalue weighted by atomic mass is 9.61. The molecule has 1 aromatic heterocycles. The molecule has 2 aliphatic heterocycles. The fourth-order valence-electron chi connectivity index (χ4n) is 9.14. The molecule has 2 atom stereocenters. The number of ether oxygens (including phenoxy) is 1. The number of para-hydroxylation sites is 6. The van der Waals surface area contributed by atoms with Crippen molar-refractivity contribution in [2.24, 2.45) is 0 Å². The van der Waals surface area contributed by atoms with Crippen molar-refractivity contribution in [3.05, 3.63) is 228 Å². The molecule has 0 saturated carbocycles. The molecule has 2 N–H and O–H groups in total. The maximum absolute atomic E-state index is 7.10. The van der Waals surface area contributed by atoms with Crippen LogP contribution in [0.15, 0.2) is 194 Å². The molecule has 0 bridgehead atoms. The van der Waals surface area contributed by atoms with Crippen molar-refractivity contribution in [3.8, 4) is 28.3 Å². The van der Waals surface area contributed by atoms with Crippen LogP contribution in [0.2, 0.25) is 0 Å². The van der Waals surface area contributed by atoms with E-state index in [2.05, 4.69) is 191 Å². The van der Waals surface area contributed by atoms with Gasteiger partial charge in [0.25, 0.3) is 0 Å². The van der Waals surface area contributed by atoms with Crippen molar-refractivity contribution in [2.45, 2.75) is 11.5 Å². The molecule has 11 rings (SSSR count). The highest BCUT2D eigenvalue weighted by Gasteiger charge is 2.50. The van der Waals surface area contributed by atoms with Crippen molar-refractivity contribution in [1.29, 1.82) is 0 Å². The number of benzene rings is 8. The Balaban J connectivity index is 1.14. The van der Waals surface area contributed by atoms with Gasteiger partial charge in [0, 0.05) is 33.2 Å². The van der Waals surface area contributed by atoms with E-state index in [9.17, 15) is 0 Å². The highest BCUT2D eigenvalue weighted by molar-refractivity contribution is 6.12. The van der Waals surface area contributed by atoms with E-state index >= 15 is 0 Å². The number of anilines is 1. The zero-order valence-electron chi connectivity index (χ0n) is 29.4. The van der Waals surface area contributed by atoms with E-state index < -0.39 is 5.41 Å². The third-order valence-electron chi connectivity index (χ3n) is 11.4.